The minimum atomic E-state index is 0.439. The van der Waals surface area contributed by atoms with Crippen LogP contribution >= 0.6 is 0 Å². The molecule has 1 nitrogen and oxygen atoms in total. The summed E-state index contributed by atoms with van der Waals surface area (Å²) in [5.41, 5.74) is 11.0. The number of furan rings is 1. The third-order valence-corrected chi connectivity index (χ3v) is 9.22. The lowest BCUT2D eigenvalue weighted by molar-refractivity contribution is 0.669. The molecule has 0 radical (unpaired) electrons. The molecule has 6 aromatic carbocycles. The van der Waals surface area contributed by atoms with Gasteiger partial charge in [-0.05, 0) is 85.1 Å². The molecule has 43 heavy (non-hydrogen) atoms. The highest BCUT2D eigenvalue weighted by Crippen LogP contribution is 2.45. The molecular weight excluding hydrogens is 520 g/mol. The van der Waals surface area contributed by atoms with Crippen molar-refractivity contribution in [3.63, 3.8) is 0 Å². The number of hydrogen-bond acceptors (Lipinski definition) is 1. The Hall–Kier alpha value is -5.40. The van der Waals surface area contributed by atoms with E-state index < -0.39 is 0 Å². The predicted octanol–water partition coefficient (Wildman–Crippen LogP) is 11.7. The molecule has 0 fully saturated rings. The molecule has 0 spiro atoms. The second-order valence-electron chi connectivity index (χ2n) is 11.6. The highest BCUT2D eigenvalue weighted by molar-refractivity contribution is 6.19. The van der Waals surface area contributed by atoms with Gasteiger partial charge >= 0.3 is 0 Å². The van der Waals surface area contributed by atoms with E-state index in [1.807, 2.05) is 12.1 Å². The van der Waals surface area contributed by atoms with Crippen LogP contribution in [0.3, 0.4) is 0 Å². The lowest BCUT2D eigenvalue weighted by Crippen LogP contribution is -2.07. The zero-order valence-corrected chi connectivity index (χ0v) is 23.6. The summed E-state index contributed by atoms with van der Waals surface area (Å²) in [4.78, 5) is 0. The van der Waals surface area contributed by atoms with Gasteiger partial charge in [0, 0.05) is 16.7 Å². The highest BCUT2D eigenvalue weighted by atomic mass is 16.3. The van der Waals surface area contributed by atoms with E-state index >= 15 is 0 Å². The van der Waals surface area contributed by atoms with Crippen LogP contribution in [-0.2, 0) is 0 Å². The van der Waals surface area contributed by atoms with Crippen molar-refractivity contribution in [1.29, 1.82) is 0 Å². The smallest absolute Gasteiger partial charge is 0.135 e. The molecule has 202 valence electrons. The Kier molecular flexibility index (Phi) is 5.39. The van der Waals surface area contributed by atoms with Crippen molar-refractivity contribution in [1.82, 2.24) is 0 Å². The predicted molar refractivity (Wildman–Crippen MR) is 182 cm³/mol. The molecule has 1 aromatic heterocycles. The van der Waals surface area contributed by atoms with E-state index in [0.29, 0.717) is 5.92 Å². The molecule has 1 atom stereocenters. The van der Waals surface area contributed by atoms with Gasteiger partial charge in [0.05, 0.1) is 0 Å². The number of fused-ring (bicyclic) bond motifs is 6. The topological polar surface area (TPSA) is 13.1 Å². The molecule has 0 saturated heterocycles. The van der Waals surface area contributed by atoms with Crippen LogP contribution in [0.4, 0.5) is 0 Å². The van der Waals surface area contributed by atoms with Crippen molar-refractivity contribution >= 4 is 49.1 Å². The molecule has 1 heteroatoms. The quantitative estimate of drug-likeness (QED) is 0.200. The summed E-state index contributed by atoms with van der Waals surface area (Å²) in [6.45, 7) is 0. The highest BCUT2D eigenvalue weighted by Gasteiger charge is 2.22. The van der Waals surface area contributed by atoms with Gasteiger partial charge in [-0.1, -0.05) is 134 Å². The van der Waals surface area contributed by atoms with Gasteiger partial charge in [-0.3, -0.25) is 0 Å². The molecule has 1 unspecified atom stereocenters. The van der Waals surface area contributed by atoms with Gasteiger partial charge in [0.2, 0.25) is 0 Å². The van der Waals surface area contributed by atoms with E-state index in [4.69, 9.17) is 4.42 Å². The number of para-hydroxylation sites is 1. The first kappa shape index (κ1) is 24.2. The number of allylic oxidation sites excluding steroid dienone is 8. The van der Waals surface area contributed by atoms with Gasteiger partial charge in [0.25, 0.3) is 0 Å². The average Bonchev–Trinajstić information content (AvgIpc) is 3.45. The second kappa shape index (κ2) is 9.58. The monoisotopic (exact) mass is 548 g/mol. The Balaban J connectivity index is 1.20. The van der Waals surface area contributed by atoms with Crippen molar-refractivity contribution in [2.45, 2.75) is 6.42 Å². The SMILES string of the molecule is C1=CC2=CC=C(c3c4ccccc4c(-c4ccc(-c5ccc6oc7ccccc7c6c5)cc4)c4ccccc34)CC2C=C1. The molecule has 9 rings (SSSR count). The molecule has 0 bridgehead atoms. The van der Waals surface area contributed by atoms with Crippen LogP contribution in [0, 0.1) is 5.92 Å². The van der Waals surface area contributed by atoms with Crippen LogP contribution in [-0.4, -0.2) is 0 Å². The zero-order valence-electron chi connectivity index (χ0n) is 23.6. The Morgan fingerprint density at radius 3 is 1.84 bits per heavy atom. The van der Waals surface area contributed by atoms with Crippen molar-refractivity contribution in [3.05, 3.63) is 163 Å². The molecular formula is C42H28O. The van der Waals surface area contributed by atoms with Gasteiger partial charge < -0.3 is 4.42 Å². The van der Waals surface area contributed by atoms with Crippen LogP contribution in [0.5, 0.6) is 0 Å². The summed E-state index contributed by atoms with van der Waals surface area (Å²) in [5.74, 6) is 0.439. The number of hydrogen-bond donors (Lipinski definition) is 0. The fourth-order valence-electron chi connectivity index (χ4n) is 7.17. The molecule has 1 heterocycles. The van der Waals surface area contributed by atoms with Crippen LogP contribution < -0.4 is 0 Å². The third-order valence-electron chi connectivity index (χ3n) is 9.22. The lowest BCUT2D eigenvalue weighted by Gasteiger charge is -2.25. The van der Waals surface area contributed by atoms with E-state index in [1.165, 1.54) is 60.5 Å². The third kappa shape index (κ3) is 3.86. The first-order chi connectivity index (χ1) is 21.3. The Morgan fingerprint density at radius 2 is 1.09 bits per heavy atom. The minimum absolute atomic E-state index is 0.439. The fourth-order valence-corrected chi connectivity index (χ4v) is 7.17. The summed E-state index contributed by atoms with van der Waals surface area (Å²) in [6, 6.07) is 41.7. The van der Waals surface area contributed by atoms with E-state index in [0.717, 1.165) is 28.4 Å². The largest absolute Gasteiger partial charge is 0.456 e. The van der Waals surface area contributed by atoms with Crippen molar-refractivity contribution in [2.24, 2.45) is 5.92 Å². The Morgan fingerprint density at radius 1 is 0.488 bits per heavy atom. The summed E-state index contributed by atoms with van der Waals surface area (Å²) in [5, 5.41) is 7.54. The lowest BCUT2D eigenvalue weighted by atomic mass is 9.79. The van der Waals surface area contributed by atoms with Gasteiger partial charge in [0.1, 0.15) is 11.2 Å². The van der Waals surface area contributed by atoms with E-state index in [2.05, 4.69) is 140 Å². The molecule has 2 aliphatic carbocycles. The minimum Gasteiger partial charge on any atom is -0.456 e. The maximum atomic E-state index is 6.07. The van der Waals surface area contributed by atoms with E-state index in [-0.39, 0.29) is 0 Å². The van der Waals surface area contributed by atoms with Gasteiger partial charge in [-0.15, -0.1) is 0 Å². The maximum absolute atomic E-state index is 6.07. The van der Waals surface area contributed by atoms with Crippen molar-refractivity contribution < 1.29 is 4.42 Å². The van der Waals surface area contributed by atoms with Gasteiger partial charge in [-0.2, -0.15) is 0 Å². The Labute approximate surface area is 250 Å². The van der Waals surface area contributed by atoms with Gasteiger partial charge in [-0.25, -0.2) is 0 Å². The first-order valence-electron chi connectivity index (χ1n) is 15.0. The first-order valence-corrected chi connectivity index (χ1v) is 15.0. The summed E-state index contributed by atoms with van der Waals surface area (Å²) in [7, 11) is 0. The number of rotatable bonds is 3. The van der Waals surface area contributed by atoms with E-state index in [1.54, 1.807) is 0 Å². The van der Waals surface area contributed by atoms with Crippen LogP contribution in [0.1, 0.15) is 12.0 Å². The van der Waals surface area contributed by atoms with Crippen LogP contribution in [0.2, 0.25) is 0 Å². The molecule has 0 saturated carbocycles. The normalized spacial score (nSPS) is 16.1. The summed E-state index contributed by atoms with van der Waals surface area (Å²) >= 11 is 0. The number of benzene rings is 6. The molecule has 2 aliphatic rings. The maximum Gasteiger partial charge on any atom is 0.135 e. The zero-order chi connectivity index (χ0) is 28.3. The molecule has 0 amide bonds. The van der Waals surface area contributed by atoms with Crippen LogP contribution in [0.15, 0.2) is 162 Å². The van der Waals surface area contributed by atoms with Gasteiger partial charge in [0.15, 0.2) is 0 Å². The summed E-state index contributed by atoms with van der Waals surface area (Å²) in [6.07, 6.45) is 14.6. The van der Waals surface area contributed by atoms with Crippen molar-refractivity contribution in [2.75, 3.05) is 0 Å². The van der Waals surface area contributed by atoms with E-state index in [9.17, 15) is 0 Å². The Bertz CT molecular complexity index is 2300. The standard InChI is InChI=1S/C42H28O/c1-2-10-30-25-32(22-19-27(30)9-1)42-36-14-5-3-12-34(36)41(35-13-4-6-15-37(35)42)29-20-17-28(18-21-29)31-23-24-40-38(26-31)33-11-7-8-16-39(33)43-40/h1-24,26,30H,25H2. The molecule has 7 aromatic rings. The summed E-state index contributed by atoms with van der Waals surface area (Å²) < 4.78 is 6.07. The second-order valence-corrected chi connectivity index (χ2v) is 11.6. The molecule has 0 aliphatic heterocycles. The average molecular weight is 549 g/mol. The fraction of sp³-hybridized carbons (Fsp3) is 0.0476. The van der Waals surface area contributed by atoms with Crippen molar-refractivity contribution in [3.8, 4) is 22.3 Å². The van der Waals surface area contributed by atoms with Crippen LogP contribution in [0.25, 0.3) is 71.3 Å². The molecule has 0 N–H and O–H groups in total.